The van der Waals surface area contributed by atoms with Crippen molar-refractivity contribution in [3.63, 3.8) is 0 Å². The van der Waals surface area contributed by atoms with Gasteiger partial charge in [0.2, 0.25) is 5.91 Å². The number of nitrogens with one attached hydrogen (secondary N) is 1. The van der Waals surface area contributed by atoms with Crippen LogP contribution in [0, 0.1) is 16.0 Å². The maximum absolute atomic E-state index is 14.9. The van der Waals surface area contributed by atoms with E-state index in [9.17, 15) is 24.5 Å². The zero-order valence-corrected chi connectivity index (χ0v) is 23.8. The third-order valence-electron chi connectivity index (χ3n) is 8.66. The number of nitro groups is 1. The molecule has 4 aromatic carbocycles. The van der Waals surface area contributed by atoms with Gasteiger partial charge in [-0.15, -0.1) is 0 Å². The fourth-order valence-electron chi connectivity index (χ4n) is 6.97. The van der Waals surface area contributed by atoms with Crippen LogP contribution in [0.1, 0.15) is 43.4 Å². The minimum absolute atomic E-state index is 0.0500. The number of para-hydroxylation sites is 1. The average molecular weight is 610 g/mol. The van der Waals surface area contributed by atoms with Gasteiger partial charge in [0.1, 0.15) is 11.5 Å². The minimum Gasteiger partial charge on any atom is -0.358 e. The second-order valence-electron chi connectivity index (χ2n) is 10.7. The molecule has 1 saturated heterocycles. The van der Waals surface area contributed by atoms with Crippen LogP contribution in [0.5, 0.6) is 0 Å². The van der Waals surface area contributed by atoms with Crippen LogP contribution < -0.4 is 5.32 Å². The molecule has 212 valence electrons. The Morgan fingerprint density at radius 1 is 0.907 bits per heavy atom. The smallest absolute Gasteiger partial charge is 0.270 e. The van der Waals surface area contributed by atoms with Gasteiger partial charge in [-0.25, -0.2) is 0 Å². The molecule has 43 heavy (non-hydrogen) atoms. The van der Waals surface area contributed by atoms with Crippen molar-refractivity contribution in [1.82, 2.24) is 4.90 Å². The van der Waals surface area contributed by atoms with Crippen LogP contribution in [0.4, 0.5) is 11.4 Å². The number of halogens is 2. The molecule has 8 nitrogen and oxygen atoms in total. The van der Waals surface area contributed by atoms with E-state index in [1.807, 2.05) is 30.3 Å². The molecule has 0 radical (unpaired) electrons. The van der Waals surface area contributed by atoms with Crippen molar-refractivity contribution in [3.05, 3.63) is 145 Å². The largest absolute Gasteiger partial charge is 0.358 e. The van der Waals surface area contributed by atoms with Gasteiger partial charge in [-0.05, 0) is 47.0 Å². The fourth-order valence-corrected chi connectivity index (χ4v) is 7.47. The molecule has 7 rings (SSSR count). The summed E-state index contributed by atoms with van der Waals surface area (Å²) in [5.41, 5.74) is 1.09. The summed E-state index contributed by atoms with van der Waals surface area (Å²) in [4.78, 5) is 56.7. The first-order chi connectivity index (χ1) is 20.7. The summed E-state index contributed by atoms with van der Waals surface area (Å²) >= 11 is 12.7. The lowest BCUT2D eigenvalue weighted by Gasteiger charge is -2.38. The maximum Gasteiger partial charge on any atom is 0.270 e. The predicted molar refractivity (Wildman–Crippen MR) is 162 cm³/mol. The summed E-state index contributed by atoms with van der Waals surface area (Å²) in [6.45, 7) is 0. The number of amides is 1. The lowest BCUT2D eigenvalue weighted by molar-refractivity contribution is -0.384. The van der Waals surface area contributed by atoms with Crippen molar-refractivity contribution in [2.24, 2.45) is 5.92 Å². The zero-order valence-electron chi connectivity index (χ0n) is 22.2. The van der Waals surface area contributed by atoms with E-state index < -0.39 is 45.8 Å². The van der Waals surface area contributed by atoms with E-state index in [-0.39, 0.29) is 21.8 Å². The van der Waals surface area contributed by atoms with Crippen LogP contribution in [0.2, 0.25) is 10.0 Å². The van der Waals surface area contributed by atoms with Crippen molar-refractivity contribution in [2.75, 3.05) is 5.32 Å². The number of rotatable bonds is 5. The number of carbonyl (C=O) groups is 3. The van der Waals surface area contributed by atoms with Crippen molar-refractivity contribution < 1.29 is 19.3 Å². The van der Waals surface area contributed by atoms with Gasteiger partial charge in [0.15, 0.2) is 11.6 Å². The number of ketones is 2. The monoisotopic (exact) mass is 609 g/mol. The van der Waals surface area contributed by atoms with Crippen molar-refractivity contribution in [2.45, 2.75) is 17.5 Å². The molecular formula is C33H21Cl2N3O5. The first-order valence-corrected chi connectivity index (χ1v) is 14.2. The van der Waals surface area contributed by atoms with E-state index in [1.54, 1.807) is 35.4 Å². The molecule has 10 heteroatoms. The molecule has 4 aromatic rings. The van der Waals surface area contributed by atoms with Crippen LogP contribution in [0.15, 0.2) is 97.2 Å². The highest BCUT2D eigenvalue weighted by molar-refractivity contribution is 6.37. The van der Waals surface area contributed by atoms with Crippen LogP contribution in [0.3, 0.4) is 0 Å². The second kappa shape index (κ2) is 9.90. The minimum atomic E-state index is -1.56. The SMILES string of the molecule is O=C(c1cccc([N+](=O)[O-])c1)[C@@H]1[C@H](C(=O)c2ccc(Cl)cc2Cl)[C@]2(C(=O)Nc3ccccc32)[C@H]2c3ccccc3C=CN12. The van der Waals surface area contributed by atoms with Crippen LogP contribution >= 0.6 is 23.2 Å². The normalized spacial score (nSPS) is 23.0. The molecule has 0 aromatic heterocycles. The lowest BCUT2D eigenvalue weighted by atomic mass is 9.62. The Morgan fingerprint density at radius 2 is 1.67 bits per heavy atom. The number of nitro benzene ring substituents is 1. The van der Waals surface area contributed by atoms with Gasteiger partial charge in [-0.3, -0.25) is 24.5 Å². The third-order valence-corrected chi connectivity index (χ3v) is 9.21. The molecule has 1 N–H and O–H groups in total. The zero-order chi connectivity index (χ0) is 30.0. The topological polar surface area (TPSA) is 110 Å². The molecule has 3 aliphatic rings. The van der Waals surface area contributed by atoms with E-state index in [0.29, 0.717) is 16.3 Å². The number of hydrogen-bond donors (Lipinski definition) is 1. The van der Waals surface area contributed by atoms with Gasteiger partial charge in [-0.1, -0.05) is 77.8 Å². The lowest BCUT2D eigenvalue weighted by Crippen LogP contribution is -2.49. The number of nitrogens with zero attached hydrogens (tertiary/aromatic N) is 2. The predicted octanol–water partition coefficient (Wildman–Crippen LogP) is 6.88. The molecule has 4 atom stereocenters. The molecule has 3 heterocycles. The number of fused-ring (bicyclic) bond motifs is 6. The number of benzene rings is 4. The molecule has 3 aliphatic heterocycles. The van der Waals surface area contributed by atoms with E-state index in [0.717, 1.165) is 11.1 Å². The number of Topliss-reactive ketones (excluding diaryl/α,β-unsaturated/α-hetero) is 2. The van der Waals surface area contributed by atoms with Gasteiger partial charge in [0, 0.05) is 40.2 Å². The summed E-state index contributed by atoms with van der Waals surface area (Å²) in [7, 11) is 0. The molecule has 1 amide bonds. The van der Waals surface area contributed by atoms with Gasteiger partial charge >= 0.3 is 0 Å². The van der Waals surface area contributed by atoms with Crippen molar-refractivity contribution in [3.8, 4) is 0 Å². The van der Waals surface area contributed by atoms with E-state index in [4.69, 9.17) is 23.2 Å². The number of hydrogen-bond acceptors (Lipinski definition) is 6. The highest BCUT2D eigenvalue weighted by Gasteiger charge is 2.70. The highest BCUT2D eigenvalue weighted by atomic mass is 35.5. The standard InChI is InChI=1S/C33H21Cl2N3O5/c34-20-12-13-23(25(35)17-20)30(40)27-28(29(39)19-7-5-8-21(16-19)38(42)43)37-15-14-18-6-1-2-9-22(18)31(37)33(27)24-10-3-4-11-26(24)36-32(33)41/h1-17,27-28,31H,(H,36,41)/t27-,28+,31-,33+/m1/s1. The molecule has 0 unspecified atom stereocenters. The molecule has 0 saturated carbocycles. The summed E-state index contributed by atoms with van der Waals surface area (Å²) in [5.74, 6) is -2.75. The Kier molecular flexibility index (Phi) is 6.23. The van der Waals surface area contributed by atoms with Gasteiger partial charge in [-0.2, -0.15) is 0 Å². The quantitative estimate of drug-likeness (QED) is 0.150. The van der Waals surface area contributed by atoms with Crippen LogP contribution in [-0.4, -0.2) is 33.3 Å². The summed E-state index contributed by atoms with van der Waals surface area (Å²) in [6.07, 6.45) is 3.58. The average Bonchev–Trinajstić information content (AvgIpc) is 3.48. The maximum atomic E-state index is 14.9. The Balaban J connectivity index is 1.54. The van der Waals surface area contributed by atoms with E-state index >= 15 is 0 Å². The molecule has 1 spiro atoms. The summed E-state index contributed by atoms with van der Waals surface area (Å²) in [5, 5.41) is 15.0. The third kappa shape index (κ3) is 3.87. The number of anilines is 1. The summed E-state index contributed by atoms with van der Waals surface area (Å²) in [6, 6.07) is 22.6. The Morgan fingerprint density at radius 3 is 2.47 bits per heavy atom. The molecule has 1 fully saturated rings. The van der Waals surface area contributed by atoms with Gasteiger partial charge < -0.3 is 10.2 Å². The molecular weight excluding hydrogens is 589 g/mol. The summed E-state index contributed by atoms with van der Waals surface area (Å²) < 4.78 is 0. The second-order valence-corrected chi connectivity index (χ2v) is 11.6. The van der Waals surface area contributed by atoms with Crippen LogP contribution in [0.25, 0.3) is 6.08 Å². The van der Waals surface area contributed by atoms with E-state index in [1.165, 1.54) is 42.5 Å². The van der Waals surface area contributed by atoms with Gasteiger partial charge in [0.25, 0.3) is 5.69 Å². The highest BCUT2D eigenvalue weighted by Crippen LogP contribution is 2.62. The fraction of sp³-hybridized carbons (Fsp3) is 0.121. The Hall–Kier alpha value is -4.79. The van der Waals surface area contributed by atoms with Crippen molar-refractivity contribution in [1.29, 1.82) is 0 Å². The van der Waals surface area contributed by atoms with Crippen molar-refractivity contribution >= 4 is 58.1 Å². The Labute approximate surface area is 255 Å². The first kappa shape index (κ1) is 27.1. The van der Waals surface area contributed by atoms with Gasteiger partial charge in [0.05, 0.1) is 21.9 Å². The van der Waals surface area contributed by atoms with Crippen LogP contribution in [-0.2, 0) is 10.2 Å². The number of carbonyl (C=O) groups excluding carboxylic acids is 3. The molecule has 0 bridgehead atoms. The number of non-ortho nitro benzene ring substituents is 1. The Bertz CT molecular complexity index is 1920. The molecule has 0 aliphatic carbocycles. The van der Waals surface area contributed by atoms with E-state index in [2.05, 4.69) is 5.32 Å². The first-order valence-electron chi connectivity index (χ1n) is 13.5.